The van der Waals surface area contributed by atoms with Gasteiger partial charge in [0.1, 0.15) is 10.8 Å². The zero-order chi connectivity index (χ0) is 21.6. The predicted molar refractivity (Wildman–Crippen MR) is 122 cm³/mol. The number of thiazole rings is 1. The van der Waals surface area contributed by atoms with Crippen molar-refractivity contribution in [2.45, 2.75) is 38.6 Å². The molecule has 1 aliphatic heterocycles. The fraction of sp³-hybridized carbons (Fsp3) is 0.375. The average molecular weight is 438 g/mol. The molecule has 0 aliphatic carbocycles. The van der Waals surface area contributed by atoms with Crippen LogP contribution in [0.1, 0.15) is 54.0 Å². The van der Waals surface area contributed by atoms with Crippen molar-refractivity contribution in [3.05, 3.63) is 59.1 Å². The number of aromatic nitrogens is 1. The number of fused-ring (bicyclic) bond motifs is 1. The molecule has 1 atom stereocenters. The molecule has 2 heterocycles. The number of nitrogens with one attached hydrogen (secondary N) is 1. The molecule has 1 aliphatic rings. The predicted octanol–water partition coefficient (Wildman–Crippen LogP) is 4.57. The molecule has 0 radical (unpaired) electrons. The number of rotatable bonds is 8. The van der Waals surface area contributed by atoms with E-state index in [4.69, 9.17) is 9.72 Å². The molecule has 3 aromatic rings. The molecule has 4 rings (SSSR count). The van der Waals surface area contributed by atoms with E-state index >= 15 is 0 Å². The molecule has 1 saturated heterocycles. The van der Waals surface area contributed by atoms with E-state index < -0.39 is 0 Å². The van der Waals surface area contributed by atoms with Gasteiger partial charge in [0.05, 0.1) is 28.4 Å². The first-order chi connectivity index (χ1) is 15.2. The third-order valence-electron chi connectivity index (χ3n) is 5.45. The maximum Gasteiger partial charge on any atom is 0.255 e. The number of hydrogen-bond acceptors (Lipinski definition) is 5. The molecule has 6 nitrogen and oxygen atoms in total. The maximum absolute atomic E-state index is 12.9. The van der Waals surface area contributed by atoms with Crippen molar-refractivity contribution in [1.29, 1.82) is 0 Å². The quantitative estimate of drug-likeness (QED) is 0.524. The summed E-state index contributed by atoms with van der Waals surface area (Å²) >= 11 is 1.68. The highest BCUT2D eigenvalue weighted by atomic mass is 32.1. The lowest BCUT2D eigenvalue weighted by Gasteiger charge is -2.23. The molecule has 2 amide bonds. The van der Waals surface area contributed by atoms with Crippen LogP contribution in [0.3, 0.4) is 0 Å². The molecule has 0 unspecified atom stereocenters. The van der Waals surface area contributed by atoms with Gasteiger partial charge < -0.3 is 15.0 Å². The fourth-order valence-electron chi connectivity index (χ4n) is 3.97. The smallest absolute Gasteiger partial charge is 0.255 e. The van der Waals surface area contributed by atoms with Crippen LogP contribution in [0.5, 0.6) is 5.75 Å². The van der Waals surface area contributed by atoms with Crippen molar-refractivity contribution in [1.82, 2.24) is 15.2 Å². The third kappa shape index (κ3) is 4.88. The van der Waals surface area contributed by atoms with E-state index in [-0.39, 0.29) is 17.9 Å². The van der Waals surface area contributed by atoms with Gasteiger partial charge in [0, 0.05) is 19.5 Å². The summed E-state index contributed by atoms with van der Waals surface area (Å²) in [5, 5.41) is 3.93. The topological polar surface area (TPSA) is 71.5 Å². The molecule has 1 N–H and O–H groups in total. The minimum absolute atomic E-state index is 0.0672. The highest BCUT2D eigenvalue weighted by Gasteiger charge is 2.31. The second-order valence-electron chi connectivity index (χ2n) is 7.55. The van der Waals surface area contributed by atoms with Crippen molar-refractivity contribution in [3.63, 3.8) is 0 Å². The van der Waals surface area contributed by atoms with Crippen LogP contribution in [0.2, 0.25) is 0 Å². The lowest BCUT2D eigenvalue weighted by atomic mass is 10.2. The number of likely N-dealkylation sites (tertiary alicyclic amines) is 1. The monoisotopic (exact) mass is 437 g/mol. The van der Waals surface area contributed by atoms with Gasteiger partial charge >= 0.3 is 0 Å². The lowest BCUT2D eigenvalue weighted by Crippen LogP contribution is -2.31. The molecule has 0 saturated carbocycles. The Bertz CT molecular complexity index is 1030. The van der Waals surface area contributed by atoms with Crippen molar-refractivity contribution in [3.8, 4) is 5.75 Å². The largest absolute Gasteiger partial charge is 0.493 e. The van der Waals surface area contributed by atoms with Crippen LogP contribution >= 0.6 is 11.3 Å². The third-order valence-corrected chi connectivity index (χ3v) is 6.59. The summed E-state index contributed by atoms with van der Waals surface area (Å²) in [6.45, 7) is 3.61. The zero-order valence-corrected chi connectivity index (χ0v) is 18.5. The van der Waals surface area contributed by atoms with Gasteiger partial charge in [0.2, 0.25) is 5.91 Å². The van der Waals surface area contributed by atoms with Crippen LogP contribution in [-0.2, 0) is 4.79 Å². The Morgan fingerprint density at radius 2 is 2.00 bits per heavy atom. The molecular formula is C24H27N3O3S. The molecule has 1 aromatic heterocycles. The lowest BCUT2D eigenvalue weighted by molar-refractivity contribution is -0.132. The Morgan fingerprint density at radius 3 is 2.84 bits per heavy atom. The van der Waals surface area contributed by atoms with E-state index in [0.29, 0.717) is 37.3 Å². The van der Waals surface area contributed by atoms with Gasteiger partial charge in [-0.25, -0.2) is 4.98 Å². The number of amides is 2. The SMILES string of the molecule is CCOc1ccccc1C(=O)NCCCC(=O)N1CCC[C@@H]1c1nc2ccccc2s1. The molecule has 7 heteroatoms. The summed E-state index contributed by atoms with van der Waals surface area (Å²) in [6.07, 6.45) is 2.97. The molecular weight excluding hydrogens is 410 g/mol. The number of carbonyl (C=O) groups is 2. The van der Waals surface area contributed by atoms with Gasteiger partial charge in [0.15, 0.2) is 0 Å². The van der Waals surface area contributed by atoms with Crippen LogP contribution in [0.15, 0.2) is 48.5 Å². The van der Waals surface area contributed by atoms with Crippen LogP contribution in [-0.4, -0.2) is 41.4 Å². The number of carbonyl (C=O) groups excluding carboxylic acids is 2. The Balaban J connectivity index is 1.30. The van der Waals surface area contributed by atoms with Gasteiger partial charge in [0.25, 0.3) is 5.91 Å². The van der Waals surface area contributed by atoms with Gasteiger partial charge in [-0.1, -0.05) is 24.3 Å². The first-order valence-electron chi connectivity index (χ1n) is 10.8. The van der Waals surface area contributed by atoms with E-state index in [9.17, 15) is 9.59 Å². The van der Waals surface area contributed by atoms with Crippen molar-refractivity contribution < 1.29 is 14.3 Å². The summed E-state index contributed by atoms with van der Waals surface area (Å²) in [6, 6.07) is 15.4. The zero-order valence-electron chi connectivity index (χ0n) is 17.7. The Hall–Kier alpha value is -2.93. The van der Waals surface area contributed by atoms with Crippen LogP contribution in [0.4, 0.5) is 0 Å². The molecule has 0 bridgehead atoms. The van der Waals surface area contributed by atoms with Gasteiger partial charge in [-0.3, -0.25) is 9.59 Å². The van der Waals surface area contributed by atoms with E-state index in [1.165, 1.54) is 0 Å². The summed E-state index contributed by atoms with van der Waals surface area (Å²) in [5.41, 5.74) is 1.52. The summed E-state index contributed by atoms with van der Waals surface area (Å²) < 4.78 is 6.68. The highest BCUT2D eigenvalue weighted by molar-refractivity contribution is 7.18. The Kier molecular flexibility index (Phi) is 6.82. The normalized spacial score (nSPS) is 15.9. The summed E-state index contributed by atoms with van der Waals surface area (Å²) in [5.74, 6) is 0.532. The number of hydrogen-bond donors (Lipinski definition) is 1. The second kappa shape index (κ2) is 9.92. The average Bonchev–Trinajstić information content (AvgIpc) is 3.44. The van der Waals surface area contributed by atoms with Crippen LogP contribution in [0.25, 0.3) is 10.2 Å². The standard InChI is InChI=1S/C24H27N3O3S/c1-2-30-20-12-5-3-9-17(20)23(29)25-15-7-14-22(28)27-16-8-11-19(27)24-26-18-10-4-6-13-21(18)31-24/h3-6,9-10,12-13,19H,2,7-8,11,14-16H2,1H3,(H,25,29)/t19-/m1/s1. The molecule has 0 spiro atoms. The summed E-state index contributed by atoms with van der Waals surface area (Å²) in [4.78, 5) is 32.1. The van der Waals surface area contributed by atoms with Crippen LogP contribution in [0, 0.1) is 0 Å². The van der Waals surface area contributed by atoms with Crippen molar-refractivity contribution in [2.24, 2.45) is 0 Å². The van der Waals surface area contributed by atoms with E-state index in [2.05, 4.69) is 11.4 Å². The molecule has 1 fully saturated rings. The van der Waals surface area contributed by atoms with Gasteiger partial charge in [-0.05, 0) is 50.5 Å². The number of para-hydroxylation sites is 2. The van der Waals surface area contributed by atoms with Gasteiger partial charge in [-0.2, -0.15) is 0 Å². The minimum Gasteiger partial charge on any atom is -0.493 e. The van der Waals surface area contributed by atoms with Crippen molar-refractivity contribution >= 4 is 33.4 Å². The highest BCUT2D eigenvalue weighted by Crippen LogP contribution is 2.36. The molecule has 31 heavy (non-hydrogen) atoms. The number of nitrogens with zero attached hydrogens (tertiary/aromatic N) is 2. The summed E-state index contributed by atoms with van der Waals surface area (Å²) in [7, 11) is 0. The Morgan fingerprint density at radius 1 is 1.19 bits per heavy atom. The number of ether oxygens (including phenoxy) is 1. The van der Waals surface area contributed by atoms with Gasteiger partial charge in [-0.15, -0.1) is 11.3 Å². The number of benzene rings is 2. The van der Waals surface area contributed by atoms with E-state index in [0.717, 1.165) is 34.6 Å². The van der Waals surface area contributed by atoms with Crippen LogP contribution < -0.4 is 10.1 Å². The molecule has 162 valence electrons. The maximum atomic E-state index is 12.9. The fourth-order valence-corrected chi connectivity index (χ4v) is 5.09. The Labute approximate surface area is 186 Å². The van der Waals surface area contributed by atoms with E-state index in [1.807, 2.05) is 42.2 Å². The van der Waals surface area contributed by atoms with Crippen molar-refractivity contribution in [2.75, 3.05) is 19.7 Å². The first kappa shape index (κ1) is 21.3. The second-order valence-corrected chi connectivity index (χ2v) is 8.62. The molecule has 2 aromatic carbocycles. The van der Waals surface area contributed by atoms with E-state index in [1.54, 1.807) is 23.5 Å². The first-order valence-corrected chi connectivity index (χ1v) is 11.6. The minimum atomic E-state index is -0.176.